The summed E-state index contributed by atoms with van der Waals surface area (Å²) in [5, 5.41) is 3.82. The molecule has 2 atom stereocenters. The average molecular weight is 449 g/mol. The van der Waals surface area contributed by atoms with Crippen molar-refractivity contribution in [2.24, 2.45) is 11.7 Å². The molecule has 1 aromatic rings. The summed E-state index contributed by atoms with van der Waals surface area (Å²) in [4.78, 5) is 38.6. The van der Waals surface area contributed by atoms with E-state index in [1.165, 1.54) is 0 Å². The SMILES string of the molecule is CC(C)C[As](C1CC1)[C@H](C(N)=O)C(=O)Nc1ccc(N2CCOCC2=O)cc1. The monoisotopic (exact) mass is 449 g/mol. The molecule has 1 heterocycles. The maximum atomic E-state index is 12.9. The van der Waals surface area contributed by atoms with Crippen LogP contribution in [0.5, 0.6) is 0 Å². The summed E-state index contributed by atoms with van der Waals surface area (Å²) in [5.74, 6) is -0.402. The van der Waals surface area contributed by atoms with Crippen molar-refractivity contribution < 1.29 is 19.1 Å². The summed E-state index contributed by atoms with van der Waals surface area (Å²) < 4.78 is 5.02. The van der Waals surface area contributed by atoms with Gasteiger partial charge in [0.1, 0.15) is 0 Å². The fourth-order valence-corrected chi connectivity index (χ4v) is 10.3. The first kappa shape index (κ1) is 20.9. The number of hydrogen-bond donors (Lipinski definition) is 2. The summed E-state index contributed by atoms with van der Waals surface area (Å²) in [7, 11) is 0. The zero-order chi connectivity index (χ0) is 20.3. The Morgan fingerprint density at radius 3 is 2.50 bits per heavy atom. The molecule has 3 N–H and O–H groups in total. The van der Waals surface area contributed by atoms with Gasteiger partial charge < -0.3 is 0 Å². The van der Waals surface area contributed by atoms with Crippen LogP contribution < -0.4 is 16.0 Å². The van der Waals surface area contributed by atoms with Crippen LogP contribution in [0.1, 0.15) is 26.7 Å². The maximum absolute atomic E-state index is 12.9. The van der Waals surface area contributed by atoms with E-state index < -0.39 is 25.3 Å². The molecule has 8 heteroatoms. The molecule has 0 spiro atoms. The molecule has 1 aliphatic heterocycles. The van der Waals surface area contributed by atoms with E-state index in [1.807, 2.05) is 0 Å². The zero-order valence-electron chi connectivity index (χ0n) is 16.4. The van der Waals surface area contributed by atoms with Gasteiger partial charge in [0.15, 0.2) is 0 Å². The Hall–Kier alpha value is -1.85. The van der Waals surface area contributed by atoms with Gasteiger partial charge in [0.25, 0.3) is 0 Å². The zero-order valence-corrected chi connectivity index (χ0v) is 18.3. The Morgan fingerprint density at radius 2 is 1.96 bits per heavy atom. The number of hydrogen-bond acceptors (Lipinski definition) is 4. The molecule has 152 valence electrons. The predicted molar refractivity (Wildman–Crippen MR) is 110 cm³/mol. The molecule has 1 aromatic carbocycles. The number of ether oxygens (including phenoxy) is 1. The number of morpholine rings is 1. The second kappa shape index (κ2) is 9.10. The van der Waals surface area contributed by atoms with E-state index in [2.05, 4.69) is 19.2 Å². The second-order valence-corrected chi connectivity index (χ2v) is 13.3. The minimum atomic E-state index is -1.70. The Kier molecular flexibility index (Phi) is 6.78. The topological polar surface area (TPSA) is 102 Å². The van der Waals surface area contributed by atoms with E-state index in [1.54, 1.807) is 29.2 Å². The van der Waals surface area contributed by atoms with Gasteiger partial charge in [-0.25, -0.2) is 0 Å². The summed E-state index contributed by atoms with van der Waals surface area (Å²) >= 11 is -1.70. The van der Waals surface area contributed by atoms with Crippen LogP contribution in [0.15, 0.2) is 24.3 Å². The summed E-state index contributed by atoms with van der Waals surface area (Å²) in [6, 6.07) is 7.10. The minimum absolute atomic E-state index is 0.0795. The first-order chi connectivity index (χ1) is 13.4. The molecule has 3 rings (SSSR count). The number of rotatable bonds is 8. The van der Waals surface area contributed by atoms with Gasteiger partial charge in [-0.05, 0) is 0 Å². The molecule has 28 heavy (non-hydrogen) atoms. The van der Waals surface area contributed by atoms with Gasteiger partial charge in [-0.15, -0.1) is 0 Å². The number of nitrogens with zero attached hydrogens (tertiary/aromatic N) is 1. The number of carbonyl (C=O) groups is 3. The van der Waals surface area contributed by atoms with E-state index in [9.17, 15) is 14.4 Å². The molecule has 1 saturated heterocycles. The van der Waals surface area contributed by atoms with Gasteiger partial charge in [-0.2, -0.15) is 0 Å². The van der Waals surface area contributed by atoms with Crippen LogP contribution in [0.4, 0.5) is 11.4 Å². The first-order valence-corrected chi connectivity index (χ1v) is 13.2. The quantitative estimate of drug-likeness (QED) is 0.469. The number of amides is 3. The van der Waals surface area contributed by atoms with Crippen molar-refractivity contribution in [1.82, 2.24) is 0 Å². The Balaban J connectivity index is 1.69. The number of nitrogens with one attached hydrogen (secondary N) is 1. The van der Waals surface area contributed by atoms with Crippen molar-refractivity contribution in [3.8, 4) is 0 Å². The molecular formula is C20H28AsN3O4. The Morgan fingerprint density at radius 1 is 1.29 bits per heavy atom. The van der Waals surface area contributed by atoms with Crippen molar-refractivity contribution >= 4 is 43.7 Å². The molecular weight excluding hydrogens is 421 g/mol. The molecule has 1 aliphatic carbocycles. The Labute approximate surface area is 170 Å². The number of nitrogens with two attached hydrogens (primary N) is 1. The molecule has 0 bridgehead atoms. The third-order valence-electron chi connectivity index (χ3n) is 4.87. The first-order valence-electron chi connectivity index (χ1n) is 9.71. The molecule has 1 unspecified atom stereocenters. The van der Waals surface area contributed by atoms with Crippen molar-refractivity contribution in [3.05, 3.63) is 24.3 Å². The standard InChI is InChI=1S/C20H28AsN3O4/c1-13(2)11-21(14-3-4-14)18(19(22)26)20(27)23-15-5-7-16(8-6-15)24-9-10-28-12-17(24)25/h5-8,13-14,18H,3-4,9-12H2,1-2H3,(H2,22,26)(H,23,27)/t18-,21?/m1/s1. The normalized spacial score (nSPS) is 19.4. The summed E-state index contributed by atoms with van der Waals surface area (Å²) in [6.07, 6.45) is 2.23. The number of benzene rings is 1. The van der Waals surface area contributed by atoms with Crippen molar-refractivity contribution in [3.63, 3.8) is 0 Å². The van der Waals surface area contributed by atoms with Gasteiger partial charge in [0.05, 0.1) is 0 Å². The fraction of sp³-hybridized carbons (Fsp3) is 0.550. The Bertz CT molecular complexity index is 733. The molecule has 7 nitrogen and oxygen atoms in total. The van der Waals surface area contributed by atoms with Gasteiger partial charge in [-0.1, -0.05) is 0 Å². The third-order valence-corrected chi connectivity index (χ3v) is 12.8. The van der Waals surface area contributed by atoms with Crippen molar-refractivity contribution in [1.29, 1.82) is 0 Å². The third kappa shape index (κ3) is 5.15. The number of carbonyl (C=O) groups excluding carboxylic acids is 3. The molecule has 2 fully saturated rings. The molecule has 0 radical (unpaired) electrons. The second-order valence-electron chi connectivity index (χ2n) is 7.76. The van der Waals surface area contributed by atoms with Crippen LogP contribution in [0, 0.1) is 5.92 Å². The summed E-state index contributed by atoms with van der Waals surface area (Å²) in [5.41, 5.74) is 7.02. The predicted octanol–water partition coefficient (Wildman–Crippen LogP) is 2.16. The molecule has 1 saturated carbocycles. The van der Waals surface area contributed by atoms with E-state index in [0.717, 1.165) is 23.7 Å². The van der Waals surface area contributed by atoms with E-state index >= 15 is 0 Å². The molecule has 3 amide bonds. The van der Waals surface area contributed by atoms with Crippen LogP contribution in [-0.4, -0.2) is 52.1 Å². The van der Waals surface area contributed by atoms with Crippen LogP contribution in [0.25, 0.3) is 0 Å². The van der Waals surface area contributed by atoms with Gasteiger partial charge in [0, 0.05) is 0 Å². The van der Waals surface area contributed by atoms with E-state index in [4.69, 9.17) is 10.5 Å². The van der Waals surface area contributed by atoms with Gasteiger partial charge >= 0.3 is 170 Å². The van der Waals surface area contributed by atoms with Crippen molar-refractivity contribution in [2.45, 2.75) is 41.3 Å². The molecule has 0 aromatic heterocycles. The van der Waals surface area contributed by atoms with Crippen LogP contribution >= 0.6 is 0 Å². The van der Waals surface area contributed by atoms with Gasteiger partial charge in [-0.3, -0.25) is 0 Å². The van der Waals surface area contributed by atoms with Crippen LogP contribution in [-0.2, 0) is 19.1 Å². The molecule has 2 aliphatic rings. The van der Waals surface area contributed by atoms with Gasteiger partial charge in [0.2, 0.25) is 0 Å². The summed E-state index contributed by atoms with van der Waals surface area (Å²) in [6.45, 7) is 5.37. The van der Waals surface area contributed by atoms with Crippen molar-refractivity contribution in [2.75, 3.05) is 30.0 Å². The van der Waals surface area contributed by atoms with E-state index in [0.29, 0.717) is 29.5 Å². The van der Waals surface area contributed by atoms with Crippen LogP contribution in [0.2, 0.25) is 14.6 Å². The fourth-order valence-electron chi connectivity index (χ4n) is 3.46. The average Bonchev–Trinajstić information content (AvgIpc) is 3.47. The van der Waals surface area contributed by atoms with Crippen LogP contribution in [0.3, 0.4) is 0 Å². The van der Waals surface area contributed by atoms with E-state index in [-0.39, 0.29) is 18.4 Å². The number of anilines is 2. The number of primary amides is 1.